The highest BCUT2D eigenvalue weighted by Crippen LogP contribution is 2.25. The van der Waals surface area contributed by atoms with Crippen molar-refractivity contribution in [2.24, 2.45) is 0 Å². The lowest BCUT2D eigenvalue weighted by atomic mass is 10.2. The first kappa shape index (κ1) is 16.6. The predicted molar refractivity (Wildman–Crippen MR) is 81.6 cm³/mol. The molecule has 0 radical (unpaired) electrons. The lowest BCUT2D eigenvalue weighted by Crippen LogP contribution is -2.28. The molecule has 0 bridgehead atoms. The summed E-state index contributed by atoms with van der Waals surface area (Å²) >= 11 is 3.33. The molecule has 4 nitrogen and oxygen atoms in total. The quantitative estimate of drug-likeness (QED) is 0.823. The number of hydrogen-bond donors (Lipinski definition) is 1. The minimum Gasteiger partial charge on any atom is -0.313 e. The summed E-state index contributed by atoms with van der Waals surface area (Å²) in [6.45, 7) is 6.03. The second-order valence-corrected chi connectivity index (χ2v) is 7.24. The third kappa shape index (κ3) is 4.27. The van der Waals surface area contributed by atoms with Gasteiger partial charge in [-0.3, -0.25) is 0 Å². The van der Waals surface area contributed by atoms with Gasteiger partial charge < -0.3 is 5.32 Å². The second kappa shape index (κ2) is 7.38. The molecule has 0 saturated carbocycles. The molecule has 108 valence electrons. The van der Waals surface area contributed by atoms with Crippen molar-refractivity contribution in [3.63, 3.8) is 0 Å². The van der Waals surface area contributed by atoms with E-state index in [2.05, 4.69) is 21.2 Å². The van der Waals surface area contributed by atoms with Crippen LogP contribution in [-0.4, -0.2) is 32.9 Å². The van der Waals surface area contributed by atoms with Crippen molar-refractivity contribution in [3.05, 3.63) is 28.2 Å². The van der Waals surface area contributed by atoms with Gasteiger partial charge in [-0.1, -0.05) is 19.9 Å². The number of rotatable bonds is 7. The molecule has 0 aliphatic carbocycles. The Balaban J connectivity index is 3.10. The SMILES string of the molecule is CCCN(C)S(=O)(=O)c1cc(CNCC)ccc1Br. The first-order valence-corrected chi connectivity index (χ1v) is 8.62. The van der Waals surface area contributed by atoms with E-state index < -0.39 is 10.0 Å². The van der Waals surface area contributed by atoms with Gasteiger partial charge in [0.05, 0.1) is 4.90 Å². The highest BCUT2D eigenvalue weighted by Gasteiger charge is 2.22. The van der Waals surface area contributed by atoms with Crippen LogP contribution in [-0.2, 0) is 16.6 Å². The third-order valence-corrected chi connectivity index (χ3v) is 5.65. The Morgan fingerprint density at radius 2 is 2.00 bits per heavy atom. The van der Waals surface area contributed by atoms with E-state index in [4.69, 9.17) is 0 Å². The van der Waals surface area contributed by atoms with Crippen molar-refractivity contribution in [3.8, 4) is 0 Å². The van der Waals surface area contributed by atoms with Crippen LogP contribution >= 0.6 is 15.9 Å². The highest BCUT2D eigenvalue weighted by atomic mass is 79.9. The normalized spacial score (nSPS) is 12.1. The van der Waals surface area contributed by atoms with E-state index in [0.717, 1.165) is 18.5 Å². The Hall–Kier alpha value is -0.430. The fraction of sp³-hybridized carbons (Fsp3) is 0.538. The molecule has 1 rings (SSSR count). The van der Waals surface area contributed by atoms with Crippen molar-refractivity contribution in [2.75, 3.05) is 20.1 Å². The van der Waals surface area contributed by atoms with E-state index in [-0.39, 0.29) is 0 Å². The van der Waals surface area contributed by atoms with Gasteiger partial charge in [0.25, 0.3) is 0 Å². The van der Waals surface area contributed by atoms with Crippen LogP contribution < -0.4 is 5.32 Å². The number of hydrogen-bond acceptors (Lipinski definition) is 3. The maximum Gasteiger partial charge on any atom is 0.243 e. The number of nitrogens with zero attached hydrogens (tertiary/aromatic N) is 1. The largest absolute Gasteiger partial charge is 0.313 e. The molecule has 0 unspecified atom stereocenters. The fourth-order valence-corrected chi connectivity index (χ4v) is 3.96. The van der Waals surface area contributed by atoms with Gasteiger partial charge in [0.2, 0.25) is 10.0 Å². The van der Waals surface area contributed by atoms with Gasteiger partial charge in [-0.2, -0.15) is 0 Å². The summed E-state index contributed by atoms with van der Waals surface area (Å²) in [5.74, 6) is 0. The maximum absolute atomic E-state index is 12.4. The Labute approximate surface area is 124 Å². The summed E-state index contributed by atoms with van der Waals surface area (Å²) in [4.78, 5) is 0.332. The Morgan fingerprint density at radius 1 is 1.32 bits per heavy atom. The molecule has 0 heterocycles. The molecule has 1 N–H and O–H groups in total. The van der Waals surface area contributed by atoms with E-state index in [0.29, 0.717) is 22.5 Å². The van der Waals surface area contributed by atoms with Crippen molar-refractivity contribution < 1.29 is 8.42 Å². The number of sulfonamides is 1. The first-order chi connectivity index (χ1) is 8.93. The van der Waals surface area contributed by atoms with Crippen LogP contribution in [0.1, 0.15) is 25.8 Å². The van der Waals surface area contributed by atoms with Crippen LogP contribution in [0, 0.1) is 0 Å². The standard InChI is InChI=1S/C13H21BrN2O2S/c1-4-8-16(3)19(17,18)13-9-11(10-15-5-2)6-7-12(13)14/h6-7,9,15H,4-5,8,10H2,1-3H3. The zero-order valence-corrected chi connectivity index (χ0v) is 14.0. The van der Waals surface area contributed by atoms with Crippen LogP contribution in [0.5, 0.6) is 0 Å². The summed E-state index contributed by atoms with van der Waals surface area (Å²) in [6.07, 6.45) is 0.796. The highest BCUT2D eigenvalue weighted by molar-refractivity contribution is 9.10. The van der Waals surface area contributed by atoms with Crippen LogP contribution in [0.25, 0.3) is 0 Å². The molecule has 1 aromatic carbocycles. The lowest BCUT2D eigenvalue weighted by molar-refractivity contribution is 0.468. The first-order valence-electron chi connectivity index (χ1n) is 6.39. The molecule has 0 spiro atoms. The fourth-order valence-electron chi connectivity index (χ4n) is 1.73. The molecule has 0 aliphatic rings. The molecule has 0 saturated heterocycles. The van der Waals surface area contributed by atoms with Crippen molar-refractivity contribution in [2.45, 2.75) is 31.7 Å². The van der Waals surface area contributed by atoms with E-state index in [9.17, 15) is 8.42 Å². The van der Waals surface area contributed by atoms with Gasteiger partial charge in [0, 0.05) is 24.6 Å². The van der Waals surface area contributed by atoms with Gasteiger partial charge in [-0.15, -0.1) is 0 Å². The Kier molecular flexibility index (Phi) is 6.46. The average molecular weight is 349 g/mol. The third-order valence-electron chi connectivity index (χ3n) is 2.80. The van der Waals surface area contributed by atoms with Crippen molar-refractivity contribution >= 4 is 26.0 Å². The lowest BCUT2D eigenvalue weighted by Gasteiger charge is -2.18. The molecule has 0 aliphatic heterocycles. The van der Waals surface area contributed by atoms with Crippen LogP contribution in [0.2, 0.25) is 0 Å². The topological polar surface area (TPSA) is 49.4 Å². The van der Waals surface area contributed by atoms with Gasteiger partial charge >= 0.3 is 0 Å². The van der Waals surface area contributed by atoms with Crippen molar-refractivity contribution in [1.29, 1.82) is 0 Å². The van der Waals surface area contributed by atoms with Gasteiger partial charge in [0.1, 0.15) is 0 Å². The van der Waals surface area contributed by atoms with Crippen LogP contribution in [0.15, 0.2) is 27.6 Å². The molecule has 0 amide bonds. The molecule has 6 heteroatoms. The molecule has 0 aromatic heterocycles. The predicted octanol–water partition coefficient (Wildman–Crippen LogP) is 2.59. The Bertz CT molecular complexity index is 517. The van der Waals surface area contributed by atoms with E-state index in [1.807, 2.05) is 19.9 Å². The van der Waals surface area contributed by atoms with E-state index in [1.165, 1.54) is 4.31 Å². The van der Waals surface area contributed by atoms with Crippen LogP contribution in [0.3, 0.4) is 0 Å². The van der Waals surface area contributed by atoms with Gasteiger partial charge in [0.15, 0.2) is 0 Å². The monoisotopic (exact) mass is 348 g/mol. The van der Waals surface area contributed by atoms with E-state index in [1.54, 1.807) is 19.2 Å². The molecular formula is C13H21BrN2O2S. The summed E-state index contributed by atoms with van der Waals surface area (Å²) in [5, 5.41) is 3.19. The molecule has 19 heavy (non-hydrogen) atoms. The maximum atomic E-state index is 12.4. The van der Waals surface area contributed by atoms with Crippen LogP contribution in [0.4, 0.5) is 0 Å². The average Bonchev–Trinajstić information content (AvgIpc) is 2.37. The number of halogens is 1. The van der Waals surface area contributed by atoms with Gasteiger partial charge in [-0.05, 0) is 46.6 Å². The minimum atomic E-state index is -3.42. The second-order valence-electron chi connectivity index (χ2n) is 4.37. The molecule has 0 fully saturated rings. The van der Waals surface area contributed by atoms with Gasteiger partial charge in [-0.25, -0.2) is 12.7 Å². The smallest absolute Gasteiger partial charge is 0.243 e. The number of benzene rings is 1. The summed E-state index contributed by atoms with van der Waals surface area (Å²) in [5.41, 5.74) is 0.966. The van der Waals surface area contributed by atoms with E-state index >= 15 is 0 Å². The number of nitrogens with one attached hydrogen (secondary N) is 1. The molecule has 0 atom stereocenters. The summed E-state index contributed by atoms with van der Waals surface area (Å²) in [6, 6.07) is 5.44. The van der Waals surface area contributed by atoms with Crippen molar-refractivity contribution in [1.82, 2.24) is 9.62 Å². The Morgan fingerprint density at radius 3 is 2.58 bits per heavy atom. The minimum absolute atomic E-state index is 0.332. The zero-order chi connectivity index (χ0) is 14.5. The summed E-state index contributed by atoms with van der Waals surface area (Å²) in [7, 11) is -1.81. The molecule has 1 aromatic rings. The zero-order valence-electron chi connectivity index (χ0n) is 11.6. The molecular weight excluding hydrogens is 328 g/mol. The summed E-state index contributed by atoms with van der Waals surface area (Å²) < 4.78 is 26.9.